The molecule has 1 saturated heterocycles. The summed E-state index contributed by atoms with van der Waals surface area (Å²) in [7, 11) is 1.55. The van der Waals surface area contributed by atoms with Crippen molar-refractivity contribution in [3.05, 3.63) is 53.6 Å². The third-order valence-electron chi connectivity index (χ3n) is 5.44. The number of rotatable bonds is 9. The van der Waals surface area contributed by atoms with Gasteiger partial charge in [0.05, 0.1) is 18.5 Å². The summed E-state index contributed by atoms with van der Waals surface area (Å²) in [6, 6.07) is 8.44. The fourth-order valence-corrected chi connectivity index (χ4v) is 3.67. The van der Waals surface area contributed by atoms with E-state index in [4.69, 9.17) is 9.47 Å². The zero-order valence-electron chi connectivity index (χ0n) is 19.2. The van der Waals surface area contributed by atoms with Crippen LogP contribution in [0.3, 0.4) is 0 Å². The molecule has 1 aromatic carbocycles. The lowest BCUT2D eigenvalue weighted by Crippen LogP contribution is -2.53. The van der Waals surface area contributed by atoms with Crippen molar-refractivity contribution in [1.82, 2.24) is 14.8 Å². The van der Waals surface area contributed by atoms with E-state index in [1.165, 1.54) is 0 Å². The largest absolute Gasteiger partial charge is 0.447 e. The molecule has 10 heteroatoms. The Balaban J connectivity index is 1.64. The lowest BCUT2D eigenvalue weighted by molar-refractivity contribution is -0.107. The number of hydrazine groups is 1. The summed E-state index contributed by atoms with van der Waals surface area (Å²) in [5.74, 6) is -0.480. The molecule has 0 aliphatic carbocycles. The summed E-state index contributed by atoms with van der Waals surface area (Å²) < 4.78 is 25.4. The van der Waals surface area contributed by atoms with Gasteiger partial charge in [0.25, 0.3) is 0 Å². The molecular weight excluding hydrogens is 429 g/mol. The van der Waals surface area contributed by atoms with Gasteiger partial charge >= 0.3 is 6.09 Å². The van der Waals surface area contributed by atoms with E-state index in [2.05, 4.69) is 15.3 Å². The summed E-state index contributed by atoms with van der Waals surface area (Å²) in [6.45, 7) is 6.35. The number of halogens is 1. The van der Waals surface area contributed by atoms with Crippen molar-refractivity contribution in [1.29, 1.82) is 0 Å². The van der Waals surface area contributed by atoms with Gasteiger partial charge in [0.2, 0.25) is 6.41 Å². The van der Waals surface area contributed by atoms with Gasteiger partial charge in [-0.3, -0.25) is 20.1 Å². The van der Waals surface area contributed by atoms with Crippen molar-refractivity contribution in [2.24, 2.45) is 0 Å². The fraction of sp³-hybridized carbons (Fsp3) is 0.435. The number of amides is 2. The first-order chi connectivity index (χ1) is 15.9. The fourth-order valence-electron chi connectivity index (χ4n) is 3.67. The molecule has 1 aliphatic heterocycles. The number of carbonyl (C=O) groups is 2. The van der Waals surface area contributed by atoms with Crippen LogP contribution in [0.15, 0.2) is 36.5 Å². The minimum Gasteiger partial charge on any atom is -0.447 e. The van der Waals surface area contributed by atoms with Gasteiger partial charge < -0.3 is 14.4 Å². The van der Waals surface area contributed by atoms with Crippen LogP contribution < -0.4 is 10.4 Å². The Kier molecular flexibility index (Phi) is 8.56. The highest BCUT2D eigenvalue weighted by Crippen LogP contribution is 2.24. The summed E-state index contributed by atoms with van der Waals surface area (Å²) in [6.07, 6.45) is 1.73. The molecule has 3 rings (SSSR count). The van der Waals surface area contributed by atoms with E-state index in [0.29, 0.717) is 50.4 Å². The SMILES string of the molecule is COCCOC(=O)N1CCN(Cc2cccc(N(C=O)Nc3ccc(C)nc3)c2F)C[C@@H]1C. The molecular formula is C23H30FN5O4. The first-order valence-electron chi connectivity index (χ1n) is 10.8. The molecule has 2 aromatic rings. The van der Waals surface area contributed by atoms with Gasteiger partial charge in [0.1, 0.15) is 12.3 Å². The number of nitrogens with zero attached hydrogens (tertiary/aromatic N) is 4. The van der Waals surface area contributed by atoms with Crippen molar-refractivity contribution in [2.45, 2.75) is 26.4 Å². The average molecular weight is 460 g/mol. The minimum absolute atomic E-state index is 0.0813. The molecule has 0 radical (unpaired) electrons. The van der Waals surface area contributed by atoms with Crippen LogP contribution in [0.25, 0.3) is 0 Å². The lowest BCUT2D eigenvalue weighted by atomic mass is 10.1. The second-order valence-corrected chi connectivity index (χ2v) is 7.91. The van der Waals surface area contributed by atoms with Crippen LogP contribution in [0.4, 0.5) is 20.6 Å². The second-order valence-electron chi connectivity index (χ2n) is 7.91. The predicted octanol–water partition coefficient (Wildman–Crippen LogP) is 2.81. The number of methoxy groups -OCH3 is 1. The van der Waals surface area contributed by atoms with Crippen molar-refractivity contribution in [3.63, 3.8) is 0 Å². The Morgan fingerprint density at radius 1 is 1.30 bits per heavy atom. The van der Waals surface area contributed by atoms with Crippen molar-refractivity contribution in [3.8, 4) is 0 Å². The van der Waals surface area contributed by atoms with E-state index in [9.17, 15) is 9.59 Å². The average Bonchev–Trinajstić information content (AvgIpc) is 2.80. The van der Waals surface area contributed by atoms with Crippen LogP contribution in [0, 0.1) is 12.7 Å². The number of aromatic nitrogens is 1. The van der Waals surface area contributed by atoms with Gasteiger partial charge in [0, 0.05) is 50.6 Å². The van der Waals surface area contributed by atoms with E-state index < -0.39 is 5.82 Å². The van der Waals surface area contributed by atoms with Crippen LogP contribution in [0.5, 0.6) is 0 Å². The molecule has 1 atom stereocenters. The Bertz CT molecular complexity index is 943. The molecule has 0 saturated carbocycles. The maximum absolute atomic E-state index is 15.3. The molecule has 9 nitrogen and oxygen atoms in total. The lowest BCUT2D eigenvalue weighted by Gasteiger charge is -2.39. The van der Waals surface area contributed by atoms with E-state index >= 15 is 4.39 Å². The number of ether oxygens (including phenoxy) is 2. The van der Waals surface area contributed by atoms with Crippen LogP contribution in [0.1, 0.15) is 18.2 Å². The van der Waals surface area contributed by atoms with Crippen LogP contribution in [-0.2, 0) is 20.8 Å². The maximum atomic E-state index is 15.3. The Labute approximate surface area is 193 Å². The summed E-state index contributed by atoms with van der Waals surface area (Å²) in [4.78, 5) is 31.8. The number of benzene rings is 1. The Morgan fingerprint density at radius 2 is 2.12 bits per heavy atom. The number of nitrogens with one attached hydrogen (secondary N) is 1. The third-order valence-corrected chi connectivity index (χ3v) is 5.44. The van der Waals surface area contributed by atoms with Crippen molar-refractivity contribution >= 4 is 23.9 Å². The quantitative estimate of drug-likeness (QED) is 0.351. The zero-order valence-corrected chi connectivity index (χ0v) is 19.2. The number of carbonyl (C=O) groups excluding carboxylic acids is 2. The summed E-state index contributed by atoms with van der Waals surface area (Å²) in [5, 5.41) is 1.10. The summed E-state index contributed by atoms with van der Waals surface area (Å²) >= 11 is 0. The molecule has 1 fully saturated rings. The number of pyridine rings is 1. The smallest absolute Gasteiger partial charge is 0.410 e. The molecule has 0 unspecified atom stereocenters. The van der Waals surface area contributed by atoms with Gasteiger partial charge in [-0.2, -0.15) is 0 Å². The minimum atomic E-state index is -0.480. The first kappa shape index (κ1) is 24.4. The van der Waals surface area contributed by atoms with Crippen molar-refractivity contribution in [2.75, 3.05) is 50.4 Å². The van der Waals surface area contributed by atoms with Gasteiger partial charge in [-0.25, -0.2) is 14.2 Å². The molecule has 0 spiro atoms. The molecule has 178 valence electrons. The predicted molar refractivity (Wildman–Crippen MR) is 122 cm³/mol. The highest BCUT2D eigenvalue weighted by Gasteiger charge is 2.29. The van der Waals surface area contributed by atoms with Crippen molar-refractivity contribution < 1.29 is 23.5 Å². The van der Waals surface area contributed by atoms with Crippen LogP contribution in [-0.4, -0.2) is 73.3 Å². The summed E-state index contributed by atoms with van der Waals surface area (Å²) in [5.41, 5.74) is 4.86. The van der Waals surface area contributed by atoms with Crippen LogP contribution in [0.2, 0.25) is 0 Å². The monoisotopic (exact) mass is 459 g/mol. The Morgan fingerprint density at radius 3 is 2.79 bits per heavy atom. The molecule has 1 N–H and O–H groups in total. The number of hydrogen-bond acceptors (Lipinski definition) is 7. The Hall–Kier alpha value is -3.24. The molecule has 2 amide bonds. The van der Waals surface area contributed by atoms with Gasteiger partial charge in [0.15, 0.2) is 5.82 Å². The van der Waals surface area contributed by atoms with Crippen LogP contribution >= 0.6 is 0 Å². The third kappa shape index (κ3) is 6.39. The highest BCUT2D eigenvalue weighted by molar-refractivity contribution is 5.79. The molecule has 1 aromatic heterocycles. The second kappa shape index (κ2) is 11.6. The highest BCUT2D eigenvalue weighted by atomic mass is 19.1. The number of aryl methyl sites for hydroxylation is 1. The standard InChI is InChI=1S/C23H30FN5O4/c1-17-7-8-20(13-25-17)26-29(16-30)21-6-4-5-19(22(21)24)15-27-9-10-28(18(2)14-27)23(31)33-12-11-32-3/h4-8,13,16,18,26H,9-12,14-15H2,1-3H3/t18-/m0/s1. The van der Waals surface area contributed by atoms with E-state index in [1.54, 1.807) is 48.5 Å². The molecule has 1 aliphatic rings. The van der Waals surface area contributed by atoms with Gasteiger partial charge in [-0.1, -0.05) is 12.1 Å². The van der Waals surface area contributed by atoms with E-state index in [0.717, 1.165) is 10.7 Å². The number of anilines is 2. The van der Waals surface area contributed by atoms with Gasteiger partial charge in [-0.15, -0.1) is 0 Å². The number of hydrogen-bond donors (Lipinski definition) is 1. The van der Waals surface area contributed by atoms with E-state index in [-0.39, 0.29) is 24.4 Å². The van der Waals surface area contributed by atoms with Gasteiger partial charge in [-0.05, 0) is 32.0 Å². The maximum Gasteiger partial charge on any atom is 0.410 e. The first-order valence-corrected chi connectivity index (χ1v) is 10.8. The molecule has 33 heavy (non-hydrogen) atoms. The normalized spacial score (nSPS) is 16.4. The zero-order chi connectivity index (χ0) is 23.8. The molecule has 2 heterocycles. The number of piperazine rings is 1. The van der Waals surface area contributed by atoms with E-state index in [1.807, 2.05) is 13.8 Å². The topological polar surface area (TPSA) is 87.2 Å². The molecule has 0 bridgehead atoms.